The van der Waals surface area contributed by atoms with Crippen LogP contribution >= 0.6 is 0 Å². The van der Waals surface area contributed by atoms with Gasteiger partial charge in [-0.15, -0.1) is 0 Å². The lowest BCUT2D eigenvalue weighted by atomic mass is 10.2. The number of morpholine rings is 1. The second-order valence-electron chi connectivity index (χ2n) is 8.85. The number of alkyl halides is 3. The lowest BCUT2D eigenvalue weighted by Gasteiger charge is -2.24. The van der Waals surface area contributed by atoms with Gasteiger partial charge >= 0.3 is 6.18 Å². The Balaban J connectivity index is 1.34. The SMILES string of the molecule is O=C(Nc1cc(F)c(OC2CC3CC3C2)c(F)c1)c1nc(N2CCOCC2)oc1CC(F)(F)F. The van der Waals surface area contributed by atoms with Crippen molar-refractivity contribution in [2.75, 3.05) is 36.5 Å². The predicted octanol–water partition coefficient (Wildman–Crippen LogP) is 4.32. The number of hydrogen-bond acceptors (Lipinski definition) is 6. The van der Waals surface area contributed by atoms with Gasteiger partial charge in [0, 0.05) is 30.9 Å². The van der Waals surface area contributed by atoms with E-state index in [1.165, 1.54) is 0 Å². The number of benzene rings is 1. The van der Waals surface area contributed by atoms with Crippen molar-refractivity contribution in [3.63, 3.8) is 0 Å². The second kappa shape index (κ2) is 8.71. The van der Waals surface area contributed by atoms with Crippen molar-refractivity contribution in [2.24, 2.45) is 11.8 Å². The van der Waals surface area contributed by atoms with E-state index in [4.69, 9.17) is 13.9 Å². The standard InChI is InChI=1S/C22H22F5N3O4/c23-15-8-13(9-16(24)19(15)33-14-6-11-5-12(11)7-14)28-20(31)18-17(10-22(25,26)27)34-21(29-18)30-1-3-32-4-2-30/h8-9,11-12,14H,1-7,10H2,(H,28,31). The number of ether oxygens (including phenoxy) is 2. The Morgan fingerprint density at radius 3 is 2.38 bits per heavy atom. The molecule has 3 aliphatic rings. The van der Waals surface area contributed by atoms with Crippen LogP contribution in [0.4, 0.5) is 33.7 Å². The zero-order valence-electron chi connectivity index (χ0n) is 18.0. The number of carbonyl (C=O) groups excluding carboxylic acids is 1. The number of carbonyl (C=O) groups is 1. The first-order chi connectivity index (χ1) is 16.2. The molecule has 7 nitrogen and oxygen atoms in total. The topological polar surface area (TPSA) is 76.8 Å². The Hall–Kier alpha value is -2.89. The molecule has 1 saturated heterocycles. The molecule has 3 fully saturated rings. The molecule has 2 aliphatic carbocycles. The number of aromatic nitrogens is 1. The fraction of sp³-hybridized carbons (Fsp3) is 0.545. The fourth-order valence-corrected chi connectivity index (χ4v) is 4.57. The molecule has 34 heavy (non-hydrogen) atoms. The molecule has 1 aromatic heterocycles. The zero-order valence-corrected chi connectivity index (χ0v) is 18.0. The van der Waals surface area contributed by atoms with Crippen LogP contribution in [-0.2, 0) is 11.2 Å². The van der Waals surface area contributed by atoms with Gasteiger partial charge in [-0.05, 0) is 31.1 Å². The van der Waals surface area contributed by atoms with Crippen molar-refractivity contribution in [1.82, 2.24) is 4.98 Å². The van der Waals surface area contributed by atoms with E-state index in [0.717, 1.165) is 31.4 Å². The average molecular weight is 487 g/mol. The minimum atomic E-state index is -4.66. The summed E-state index contributed by atoms with van der Waals surface area (Å²) in [6.45, 7) is 1.31. The first-order valence-electron chi connectivity index (χ1n) is 11.0. The van der Waals surface area contributed by atoms with Crippen LogP contribution < -0.4 is 15.0 Å². The van der Waals surface area contributed by atoms with Crippen LogP contribution in [0.5, 0.6) is 5.75 Å². The summed E-state index contributed by atoms with van der Waals surface area (Å²) in [6, 6.07) is 1.57. The number of hydrogen-bond donors (Lipinski definition) is 1. The maximum Gasteiger partial charge on any atom is 0.396 e. The fourth-order valence-electron chi connectivity index (χ4n) is 4.57. The molecule has 2 aromatic rings. The highest BCUT2D eigenvalue weighted by atomic mass is 19.4. The molecule has 2 saturated carbocycles. The first kappa shape index (κ1) is 22.9. The smallest absolute Gasteiger partial charge is 0.396 e. The van der Waals surface area contributed by atoms with E-state index in [1.807, 2.05) is 0 Å². The maximum absolute atomic E-state index is 14.6. The van der Waals surface area contributed by atoms with Gasteiger partial charge < -0.3 is 24.1 Å². The number of rotatable bonds is 6. The minimum absolute atomic E-state index is 0.150. The van der Waals surface area contributed by atoms with Crippen molar-refractivity contribution >= 4 is 17.6 Å². The number of nitrogens with zero attached hydrogens (tertiary/aromatic N) is 2. The quantitative estimate of drug-likeness (QED) is 0.612. The summed E-state index contributed by atoms with van der Waals surface area (Å²) < 4.78 is 84.2. The number of oxazole rings is 1. The lowest BCUT2D eigenvalue weighted by Crippen LogP contribution is -2.36. The van der Waals surface area contributed by atoms with Crippen molar-refractivity contribution < 1.29 is 40.6 Å². The molecule has 5 rings (SSSR count). The molecular weight excluding hydrogens is 465 g/mol. The van der Waals surface area contributed by atoms with Gasteiger partial charge in [-0.2, -0.15) is 18.2 Å². The number of amides is 1. The summed E-state index contributed by atoms with van der Waals surface area (Å²) in [5, 5.41) is 2.21. The molecule has 1 aliphatic heterocycles. The number of anilines is 2. The van der Waals surface area contributed by atoms with Crippen LogP contribution in [-0.4, -0.2) is 49.5 Å². The van der Waals surface area contributed by atoms with Crippen molar-refractivity contribution in [1.29, 1.82) is 0 Å². The van der Waals surface area contributed by atoms with Crippen LogP contribution in [0.1, 0.15) is 35.5 Å². The summed E-state index contributed by atoms with van der Waals surface area (Å²) >= 11 is 0. The lowest BCUT2D eigenvalue weighted by molar-refractivity contribution is -0.130. The van der Waals surface area contributed by atoms with E-state index in [2.05, 4.69) is 10.3 Å². The van der Waals surface area contributed by atoms with Crippen LogP contribution in [0.25, 0.3) is 0 Å². The third-order valence-corrected chi connectivity index (χ3v) is 6.28. The highest BCUT2D eigenvalue weighted by molar-refractivity contribution is 6.03. The van der Waals surface area contributed by atoms with Crippen LogP contribution in [0.15, 0.2) is 16.5 Å². The highest BCUT2D eigenvalue weighted by Crippen LogP contribution is 2.52. The van der Waals surface area contributed by atoms with Gasteiger partial charge in [-0.3, -0.25) is 4.79 Å². The summed E-state index contributed by atoms with van der Waals surface area (Å²) in [4.78, 5) is 18.2. The monoisotopic (exact) mass is 487 g/mol. The minimum Gasteiger partial charge on any atom is -0.484 e. The van der Waals surface area contributed by atoms with Gasteiger partial charge in [0.15, 0.2) is 23.1 Å². The molecule has 0 radical (unpaired) electrons. The van der Waals surface area contributed by atoms with Gasteiger partial charge in [0.2, 0.25) is 0 Å². The molecule has 1 amide bonds. The summed E-state index contributed by atoms with van der Waals surface area (Å²) in [5.74, 6) is -3.20. The zero-order chi connectivity index (χ0) is 24.0. The molecule has 1 N–H and O–H groups in total. The molecule has 2 unspecified atom stereocenters. The Morgan fingerprint density at radius 1 is 1.12 bits per heavy atom. The molecule has 12 heteroatoms. The maximum atomic E-state index is 14.6. The predicted molar refractivity (Wildman–Crippen MR) is 109 cm³/mol. The van der Waals surface area contributed by atoms with E-state index < -0.39 is 47.3 Å². The van der Waals surface area contributed by atoms with Crippen molar-refractivity contribution in [2.45, 2.75) is 38.0 Å². The summed E-state index contributed by atoms with van der Waals surface area (Å²) in [6.07, 6.45) is -3.81. The van der Waals surface area contributed by atoms with E-state index in [1.54, 1.807) is 4.90 Å². The molecule has 1 aromatic carbocycles. The summed E-state index contributed by atoms with van der Waals surface area (Å²) in [5.41, 5.74) is -0.888. The molecule has 2 atom stereocenters. The largest absolute Gasteiger partial charge is 0.484 e. The van der Waals surface area contributed by atoms with Crippen LogP contribution in [0.2, 0.25) is 0 Å². The second-order valence-corrected chi connectivity index (χ2v) is 8.85. The molecule has 0 bridgehead atoms. The van der Waals surface area contributed by atoms with Gasteiger partial charge in [-0.25, -0.2) is 8.78 Å². The Kier molecular flexibility index (Phi) is 5.86. The Morgan fingerprint density at radius 2 is 1.76 bits per heavy atom. The van der Waals surface area contributed by atoms with E-state index >= 15 is 0 Å². The third-order valence-electron chi connectivity index (χ3n) is 6.28. The molecule has 0 spiro atoms. The normalized spacial score (nSPS) is 24.1. The Labute approximate surface area is 191 Å². The molecular formula is C22H22F5N3O4. The van der Waals surface area contributed by atoms with Gasteiger partial charge in [-0.1, -0.05) is 0 Å². The highest BCUT2D eigenvalue weighted by Gasteiger charge is 2.47. The summed E-state index contributed by atoms with van der Waals surface area (Å²) in [7, 11) is 0. The van der Waals surface area contributed by atoms with E-state index in [-0.39, 0.29) is 17.8 Å². The van der Waals surface area contributed by atoms with Crippen LogP contribution in [0, 0.1) is 23.5 Å². The third kappa shape index (κ3) is 4.96. The number of nitrogens with one attached hydrogen (secondary N) is 1. The van der Waals surface area contributed by atoms with E-state index in [0.29, 0.717) is 38.1 Å². The Bertz CT molecular complexity index is 1050. The van der Waals surface area contributed by atoms with E-state index in [9.17, 15) is 26.7 Å². The molecule has 184 valence electrons. The van der Waals surface area contributed by atoms with Gasteiger partial charge in [0.1, 0.15) is 12.2 Å². The van der Waals surface area contributed by atoms with Crippen LogP contribution in [0.3, 0.4) is 0 Å². The van der Waals surface area contributed by atoms with Crippen molar-refractivity contribution in [3.05, 3.63) is 35.2 Å². The van der Waals surface area contributed by atoms with Gasteiger partial charge in [0.25, 0.3) is 11.9 Å². The number of halogens is 5. The molecule has 2 heterocycles. The average Bonchev–Trinajstić information content (AvgIpc) is 3.17. The van der Waals surface area contributed by atoms with Crippen molar-refractivity contribution in [3.8, 4) is 5.75 Å². The number of fused-ring (bicyclic) bond motifs is 1. The first-order valence-corrected chi connectivity index (χ1v) is 11.0. The van der Waals surface area contributed by atoms with Gasteiger partial charge in [0.05, 0.1) is 19.3 Å².